The van der Waals surface area contributed by atoms with Gasteiger partial charge in [0.1, 0.15) is 11.6 Å². The maximum Gasteiger partial charge on any atom is 0.416 e. The summed E-state index contributed by atoms with van der Waals surface area (Å²) < 4.78 is 39.2. The van der Waals surface area contributed by atoms with E-state index < -0.39 is 17.8 Å². The van der Waals surface area contributed by atoms with E-state index in [1.165, 1.54) is 17.0 Å². The van der Waals surface area contributed by atoms with Crippen LogP contribution in [0.3, 0.4) is 0 Å². The first-order valence-corrected chi connectivity index (χ1v) is 9.51. The van der Waals surface area contributed by atoms with Crippen molar-refractivity contribution < 1.29 is 23.1 Å². The van der Waals surface area contributed by atoms with Gasteiger partial charge in [0.2, 0.25) is 0 Å². The molecule has 0 radical (unpaired) electrons. The van der Waals surface area contributed by atoms with E-state index in [1.807, 2.05) is 0 Å². The highest BCUT2D eigenvalue weighted by molar-refractivity contribution is 5.67. The summed E-state index contributed by atoms with van der Waals surface area (Å²) in [4.78, 5) is 25.6. The Balaban J connectivity index is 1.70. The van der Waals surface area contributed by atoms with Crippen molar-refractivity contribution in [3.05, 3.63) is 66.2 Å². The molecule has 7 nitrogen and oxygen atoms in total. The van der Waals surface area contributed by atoms with Crippen LogP contribution < -0.4 is 5.32 Å². The molecule has 1 saturated heterocycles. The Morgan fingerprint density at radius 2 is 1.90 bits per heavy atom. The Hall–Kier alpha value is -3.69. The minimum absolute atomic E-state index is 0.208. The largest absolute Gasteiger partial charge is 0.465 e. The lowest BCUT2D eigenvalue weighted by Gasteiger charge is -2.15. The number of hydrogen-bond donors (Lipinski definition) is 2. The molecule has 3 aromatic rings. The van der Waals surface area contributed by atoms with Crippen LogP contribution in [0.1, 0.15) is 23.7 Å². The van der Waals surface area contributed by atoms with Gasteiger partial charge in [-0.15, -0.1) is 0 Å². The number of hydrogen-bond acceptors (Lipinski definition) is 5. The summed E-state index contributed by atoms with van der Waals surface area (Å²) >= 11 is 0. The summed E-state index contributed by atoms with van der Waals surface area (Å²) in [5, 5.41) is 12.2. The average Bonchev–Trinajstić information content (AvgIpc) is 3.25. The number of nitrogens with one attached hydrogen (secondary N) is 1. The van der Waals surface area contributed by atoms with E-state index in [-0.39, 0.29) is 18.2 Å². The number of anilines is 2. The molecule has 1 amide bonds. The number of likely N-dealkylation sites (tertiary alicyclic amines) is 1. The Kier molecular flexibility index (Phi) is 5.45. The Bertz CT molecular complexity index is 1090. The van der Waals surface area contributed by atoms with Crippen LogP contribution in [0.5, 0.6) is 0 Å². The second-order valence-electron chi connectivity index (χ2n) is 7.15. The number of alkyl halides is 3. The molecule has 1 aromatic carbocycles. The topological polar surface area (TPSA) is 91.2 Å². The van der Waals surface area contributed by atoms with Gasteiger partial charge in [-0.05, 0) is 36.8 Å². The van der Waals surface area contributed by atoms with E-state index in [1.54, 1.807) is 30.6 Å². The summed E-state index contributed by atoms with van der Waals surface area (Å²) in [6, 6.07) is 10.0. The van der Waals surface area contributed by atoms with E-state index in [9.17, 15) is 23.1 Å². The summed E-state index contributed by atoms with van der Waals surface area (Å²) in [5.74, 6) is 0.553. The Morgan fingerprint density at radius 3 is 2.58 bits per heavy atom. The summed E-state index contributed by atoms with van der Waals surface area (Å²) in [5.41, 5.74) is 0.794. The zero-order valence-electron chi connectivity index (χ0n) is 16.2. The van der Waals surface area contributed by atoms with Crippen LogP contribution >= 0.6 is 0 Å². The molecule has 4 rings (SSSR count). The maximum atomic E-state index is 13.1. The lowest BCUT2D eigenvalue weighted by Crippen LogP contribution is -2.26. The second kappa shape index (κ2) is 8.21. The number of carboxylic acid groups (broad SMARTS) is 1. The fraction of sp³-hybridized carbons (Fsp3) is 0.238. The quantitative estimate of drug-likeness (QED) is 0.621. The third-order valence-electron chi connectivity index (χ3n) is 5.01. The number of rotatable bonds is 4. The van der Waals surface area contributed by atoms with E-state index in [0.29, 0.717) is 30.3 Å². The molecule has 31 heavy (non-hydrogen) atoms. The highest BCUT2D eigenvalue weighted by Gasteiger charge is 2.31. The molecule has 160 valence electrons. The van der Waals surface area contributed by atoms with E-state index in [0.717, 1.165) is 17.7 Å². The van der Waals surface area contributed by atoms with E-state index in [4.69, 9.17) is 0 Å². The van der Waals surface area contributed by atoms with Crippen molar-refractivity contribution in [2.75, 3.05) is 18.4 Å². The van der Waals surface area contributed by atoms with Crippen LogP contribution in [0.2, 0.25) is 0 Å². The molecule has 2 N–H and O–H groups in total. The molecule has 1 aliphatic heterocycles. The number of benzene rings is 1. The summed E-state index contributed by atoms with van der Waals surface area (Å²) in [7, 11) is 0. The summed E-state index contributed by atoms with van der Waals surface area (Å²) in [6.45, 7) is 0.636. The first-order valence-electron chi connectivity index (χ1n) is 9.51. The van der Waals surface area contributed by atoms with Gasteiger partial charge in [-0.1, -0.05) is 6.07 Å². The summed E-state index contributed by atoms with van der Waals surface area (Å²) in [6.07, 6.45) is -1.68. The van der Waals surface area contributed by atoms with Gasteiger partial charge in [-0.3, -0.25) is 4.98 Å². The minimum atomic E-state index is -4.46. The van der Waals surface area contributed by atoms with Crippen LogP contribution in [0.25, 0.3) is 11.3 Å². The lowest BCUT2D eigenvalue weighted by molar-refractivity contribution is -0.137. The zero-order valence-corrected chi connectivity index (χ0v) is 16.2. The lowest BCUT2D eigenvalue weighted by atomic mass is 10.1. The van der Waals surface area contributed by atoms with E-state index >= 15 is 0 Å². The number of aromatic nitrogens is 3. The van der Waals surface area contributed by atoms with Crippen molar-refractivity contribution in [1.82, 2.24) is 19.9 Å². The van der Waals surface area contributed by atoms with Gasteiger partial charge >= 0.3 is 12.3 Å². The number of pyridine rings is 1. The number of amides is 1. The van der Waals surface area contributed by atoms with Crippen molar-refractivity contribution in [1.29, 1.82) is 0 Å². The predicted molar refractivity (Wildman–Crippen MR) is 107 cm³/mol. The first-order chi connectivity index (χ1) is 14.8. The minimum Gasteiger partial charge on any atom is -0.465 e. The molecule has 2 aromatic heterocycles. The Morgan fingerprint density at radius 1 is 1.13 bits per heavy atom. The van der Waals surface area contributed by atoms with Crippen molar-refractivity contribution in [2.24, 2.45) is 0 Å². The van der Waals surface area contributed by atoms with Gasteiger partial charge in [-0.2, -0.15) is 13.2 Å². The smallest absolute Gasteiger partial charge is 0.416 e. The Labute approximate surface area is 175 Å². The highest BCUT2D eigenvalue weighted by atomic mass is 19.4. The third-order valence-corrected chi connectivity index (χ3v) is 5.01. The highest BCUT2D eigenvalue weighted by Crippen LogP contribution is 2.32. The molecule has 0 bridgehead atoms. The second-order valence-corrected chi connectivity index (χ2v) is 7.15. The number of carbonyl (C=O) groups is 1. The van der Waals surface area contributed by atoms with Gasteiger partial charge in [0.25, 0.3) is 0 Å². The maximum absolute atomic E-state index is 13.1. The molecule has 0 spiro atoms. The monoisotopic (exact) mass is 429 g/mol. The predicted octanol–water partition coefficient (Wildman–Crippen LogP) is 4.77. The fourth-order valence-corrected chi connectivity index (χ4v) is 3.45. The van der Waals surface area contributed by atoms with Crippen molar-refractivity contribution >= 4 is 17.6 Å². The first kappa shape index (κ1) is 20.6. The third kappa shape index (κ3) is 4.73. The van der Waals surface area contributed by atoms with Crippen LogP contribution in [0, 0.1) is 0 Å². The molecular formula is C21H18F3N5O2. The van der Waals surface area contributed by atoms with Gasteiger partial charge in [0.15, 0.2) is 0 Å². The van der Waals surface area contributed by atoms with Crippen LogP contribution in [0.15, 0.2) is 54.9 Å². The van der Waals surface area contributed by atoms with Crippen LogP contribution in [0.4, 0.5) is 29.5 Å². The van der Waals surface area contributed by atoms with E-state index in [2.05, 4.69) is 20.3 Å². The SMILES string of the molecule is O=C(O)N1CCC(c2nc(Nc3cccc(C(F)(F)F)c3)cc(-c3ccncc3)n2)C1. The molecule has 1 atom stereocenters. The standard InChI is InChI=1S/C21H18F3N5O2/c22-21(23,24)15-2-1-3-16(10-15)26-18-11-17(13-4-7-25-8-5-13)27-19(28-18)14-6-9-29(12-14)20(30)31/h1-5,7-8,10-11,14H,6,9,12H2,(H,30,31)(H,26,27,28). The van der Waals surface area contributed by atoms with Crippen molar-refractivity contribution in [3.63, 3.8) is 0 Å². The van der Waals surface area contributed by atoms with Crippen molar-refractivity contribution in [2.45, 2.75) is 18.5 Å². The molecule has 0 saturated carbocycles. The number of nitrogens with zero attached hydrogens (tertiary/aromatic N) is 4. The molecule has 10 heteroatoms. The number of halogens is 3. The fourth-order valence-electron chi connectivity index (χ4n) is 3.45. The molecule has 1 unspecified atom stereocenters. The zero-order chi connectivity index (χ0) is 22.0. The molecular weight excluding hydrogens is 411 g/mol. The normalized spacial score (nSPS) is 16.4. The van der Waals surface area contributed by atoms with Gasteiger partial charge in [-0.25, -0.2) is 14.8 Å². The molecule has 1 aliphatic rings. The molecule has 3 heterocycles. The van der Waals surface area contributed by atoms with Crippen LogP contribution in [-0.2, 0) is 6.18 Å². The molecule has 0 aliphatic carbocycles. The van der Waals surface area contributed by atoms with Gasteiger partial charge in [0.05, 0.1) is 11.3 Å². The van der Waals surface area contributed by atoms with Gasteiger partial charge < -0.3 is 15.3 Å². The van der Waals surface area contributed by atoms with Crippen LogP contribution in [-0.4, -0.2) is 44.1 Å². The average molecular weight is 429 g/mol. The van der Waals surface area contributed by atoms with Crippen molar-refractivity contribution in [3.8, 4) is 11.3 Å². The van der Waals surface area contributed by atoms with Gasteiger partial charge in [0, 0.05) is 48.7 Å². The molecule has 1 fully saturated rings.